The molecule has 1 aromatic carbocycles. The zero-order valence-corrected chi connectivity index (χ0v) is 19.1. The van der Waals surface area contributed by atoms with Crippen LogP contribution < -0.4 is 10.6 Å². The molecule has 2 aromatic heterocycles. The molecule has 0 saturated carbocycles. The number of rotatable bonds is 9. The SMILES string of the molecule is CCC1(C(=O)O)OC1C(=O)N[C@@H](Cc1cn(C)cn1)C(=O)Nc1nc(-c2ccc(F)cc2)cs1. The highest BCUT2D eigenvalue weighted by Gasteiger charge is 2.65. The van der Waals surface area contributed by atoms with Crippen molar-refractivity contribution in [2.24, 2.45) is 7.05 Å². The normalized spacial score (nSPS) is 19.9. The molecule has 2 amide bonds. The zero-order valence-electron chi connectivity index (χ0n) is 18.3. The van der Waals surface area contributed by atoms with Crippen LogP contribution >= 0.6 is 11.3 Å². The third-order valence-corrected chi connectivity index (χ3v) is 6.26. The second kappa shape index (κ2) is 9.31. The summed E-state index contributed by atoms with van der Waals surface area (Å²) < 4.78 is 20.1. The van der Waals surface area contributed by atoms with Crippen LogP contribution in [0.15, 0.2) is 42.2 Å². The van der Waals surface area contributed by atoms with Crippen LogP contribution in [0.4, 0.5) is 9.52 Å². The van der Waals surface area contributed by atoms with E-state index in [2.05, 4.69) is 20.6 Å². The average Bonchev–Trinajstić information content (AvgIpc) is 3.17. The van der Waals surface area contributed by atoms with E-state index in [1.54, 1.807) is 48.6 Å². The maximum atomic E-state index is 13.2. The Balaban J connectivity index is 1.48. The first kappa shape index (κ1) is 23.5. The summed E-state index contributed by atoms with van der Waals surface area (Å²) >= 11 is 1.18. The number of anilines is 1. The third kappa shape index (κ3) is 4.82. The highest BCUT2D eigenvalue weighted by Crippen LogP contribution is 2.40. The summed E-state index contributed by atoms with van der Waals surface area (Å²) in [6, 6.07) is 4.75. The number of ether oxygens (including phenoxy) is 1. The first-order chi connectivity index (χ1) is 16.2. The Hall–Kier alpha value is -3.64. The number of carbonyl (C=O) groups excluding carboxylic acids is 2. The maximum absolute atomic E-state index is 13.2. The Morgan fingerprint density at radius 3 is 2.65 bits per heavy atom. The number of imidazole rings is 1. The Morgan fingerprint density at radius 2 is 2.06 bits per heavy atom. The van der Waals surface area contributed by atoms with Gasteiger partial charge in [-0.05, 0) is 30.7 Å². The number of carbonyl (C=O) groups is 3. The number of halogens is 1. The van der Waals surface area contributed by atoms with Gasteiger partial charge in [0.25, 0.3) is 5.91 Å². The van der Waals surface area contributed by atoms with Gasteiger partial charge in [-0.3, -0.25) is 9.59 Å². The lowest BCUT2D eigenvalue weighted by Crippen LogP contribution is -2.48. The molecule has 3 atom stereocenters. The van der Waals surface area contributed by atoms with E-state index in [0.29, 0.717) is 22.1 Å². The van der Waals surface area contributed by atoms with Gasteiger partial charge in [0.2, 0.25) is 11.5 Å². The molecule has 0 spiro atoms. The summed E-state index contributed by atoms with van der Waals surface area (Å²) in [5.74, 6) is -2.82. The first-order valence-electron chi connectivity index (χ1n) is 10.4. The first-order valence-corrected chi connectivity index (χ1v) is 11.3. The maximum Gasteiger partial charge on any atom is 0.339 e. The summed E-state index contributed by atoms with van der Waals surface area (Å²) in [6.07, 6.45) is 2.29. The van der Waals surface area contributed by atoms with Gasteiger partial charge in [0, 0.05) is 30.6 Å². The molecule has 10 nitrogen and oxygen atoms in total. The van der Waals surface area contributed by atoms with E-state index in [0.717, 1.165) is 0 Å². The molecule has 2 unspecified atom stereocenters. The molecule has 0 bridgehead atoms. The van der Waals surface area contributed by atoms with Gasteiger partial charge in [-0.15, -0.1) is 11.3 Å². The summed E-state index contributed by atoms with van der Waals surface area (Å²) in [6.45, 7) is 1.61. The predicted molar refractivity (Wildman–Crippen MR) is 121 cm³/mol. The number of aromatic nitrogens is 3. The Bertz CT molecular complexity index is 1230. The molecule has 0 radical (unpaired) electrons. The molecule has 1 saturated heterocycles. The van der Waals surface area contributed by atoms with Crippen molar-refractivity contribution in [3.63, 3.8) is 0 Å². The molecule has 1 fully saturated rings. The van der Waals surface area contributed by atoms with E-state index in [1.807, 2.05) is 0 Å². The number of thiazole rings is 1. The molecule has 4 rings (SSSR count). The Kier molecular flexibility index (Phi) is 6.44. The van der Waals surface area contributed by atoms with Gasteiger partial charge < -0.3 is 25.0 Å². The topological polar surface area (TPSA) is 139 Å². The van der Waals surface area contributed by atoms with Crippen molar-refractivity contribution in [1.82, 2.24) is 19.9 Å². The van der Waals surface area contributed by atoms with Gasteiger partial charge in [0.05, 0.1) is 17.7 Å². The van der Waals surface area contributed by atoms with Crippen LogP contribution in [0, 0.1) is 5.82 Å². The number of benzene rings is 1. The largest absolute Gasteiger partial charge is 0.479 e. The molecule has 3 aromatic rings. The third-order valence-electron chi connectivity index (χ3n) is 5.50. The molecular weight excluding hydrogens is 465 g/mol. The molecule has 1 aliphatic rings. The van der Waals surface area contributed by atoms with Gasteiger partial charge in [-0.1, -0.05) is 6.92 Å². The van der Waals surface area contributed by atoms with Gasteiger partial charge in [-0.2, -0.15) is 0 Å². The summed E-state index contributed by atoms with van der Waals surface area (Å²) in [5, 5.41) is 16.7. The minimum Gasteiger partial charge on any atom is -0.479 e. The number of carboxylic acid groups (broad SMARTS) is 1. The standard InChI is InChI=1S/C22H22FN5O5S/c1-3-22(20(31)32)17(33-22)19(30)25-15(8-14-9-28(2)11-24-14)18(29)27-21-26-16(10-34-21)12-4-6-13(23)7-5-12/h4-7,9-11,15,17H,3,8H2,1-2H3,(H,25,30)(H,31,32)(H,26,27,29)/t15-,17?,22?/m0/s1. The molecule has 12 heteroatoms. The van der Waals surface area contributed by atoms with Crippen molar-refractivity contribution in [2.45, 2.75) is 37.5 Å². The molecule has 3 N–H and O–H groups in total. The summed E-state index contributed by atoms with van der Waals surface area (Å²) in [4.78, 5) is 45.8. The molecule has 178 valence electrons. The van der Waals surface area contributed by atoms with E-state index in [9.17, 15) is 23.9 Å². The predicted octanol–water partition coefficient (Wildman–Crippen LogP) is 1.98. The quantitative estimate of drug-likeness (QED) is 0.392. The second-order valence-corrected chi connectivity index (χ2v) is 8.73. The number of hydrogen-bond donors (Lipinski definition) is 3. The Labute approximate surface area is 197 Å². The van der Waals surface area contributed by atoms with E-state index in [1.165, 1.54) is 23.5 Å². The van der Waals surface area contributed by atoms with Crippen LogP contribution in [0.5, 0.6) is 0 Å². The van der Waals surface area contributed by atoms with Gasteiger partial charge in [0.15, 0.2) is 11.2 Å². The number of aliphatic carboxylic acids is 1. The van der Waals surface area contributed by atoms with Crippen LogP contribution in [0.1, 0.15) is 19.0 Å². The van der Waals surface area contributed by atoms with E-state index >= 15 is 0 Å². The Morgan fingerprint density at radius 1 is 1.32 bits per heavy atom. The minimum absolute atomic E-state index is 0.0769. The number of carboxylic acids is 1. The number of hydrogen-bond acceptors (Lipinski definition) is 7. The number of nitrogens with zero attached hydrogens (tertiary/aromatic N) is 3. The van der Waals surface area contributed by atoms with Gasteiger partial charge in [-0.25, -0.2) is 19.2 Å². The zero-order chi connectivity index (χ0) is 24.5. The van der Waals surface area contributed by atoms with Crippen molar-refractivity contribution in [3.05, 3.63) is 53.7 Å². The molecular formula is C22H22FN5O5S. The van der Waals surface area contributed by atoms with Crippen LogP contribution in [-0.2, 0) is 32.6 Å². The second-order valence-electron chi connectivity index (χ2n) is 7.88. The molecule has 0 aliphatic carbocycles. The molecule has 3 heterocycles. The van der Waals surface area contributed by atoms with Crippen molar-refractivity contribution >= 4 is 34.3 Å². The lowest BCUT2D eigenvalue weighted by molar-refractivity contribution is -0.143. The minimum atomic E-state index is -1.57. The van der Waals surface area contributed by atoms with E-state index < -0.39 is 35.5 Å². The lowest BCUT2D eigenvalue weighted by atomic mass is 10.0. The van der Waals surface area contributed by atoms with E-state index in [4.69, 9.17) is 4.74 Å². The number of amides is 2. The fourth-order valence-electron chi connectivity index (χ4n) is 3.54. The van der Waals surface area contributed by atoms with E-state index in [-0.39, 0.29) is 18.7 Å². The van der Waals surface area contributed by atoms with Crippen LogP contribution in [0.3, 0.4) is 0 Å². The monoisotopic (exact) mass is 487 g/mol. The van der Waals surface area contributed by atoms with Crippen molar-refractivity contribution in [3.8, 4) is 11.3 Å². The van der Waals surface area contributed by atoms with Crippen LogP contribution in [0.2, 0.25) is 0 Å². The summed E-state index contributed by atoms with van der Waals surface area (Å²) in [7, 11) is 1.78. The van der Waals surface area contributed by atoms with Gasteiger partial charge >= 0.3 is 5.97 Å². The molecule has 1 aliphatic heterocycles. The fourth-order valence-corrected chi connectivity index (χ4v) is 4.26. The van der Waals surface area contributed by atoms with Crippen molar-refractivity contribution in [1.29, 1.82) is 0 Å². The number of nitrogens with one attached hydrogen (secondary N) is 2. The van der Waals surface area contributed by atoms with Crippen LogP contribution in [0.25, 0.3) is 11.3 Å². The number of epoxide rings is 1. The molecule has 34 heavy (non-hydrogen) atoms. The summed E-state index contributed by atoms with van der Waals surface area (Å²) in [5.41, 5.74) is 0.235. The van der Waals surface area contributed by atoms with Gasteiger partial charge in [0.1, 0.15) is 11.9 Å². The fraction of sp³-hybridized carbons (Fsp3) is 0.318. The smallest absolute Gasteiger partial charge is 0.339 e. The van der Waals surface area contributed by atoms with Crippen molar-refractivity contribution < 1.29 is 28.6 Å². The highest BCUT2D eigenvalue weighted by molar-refractivity contribution is 7.14. The number of aryl methyl sites for hydroxylation is 1. The highest BCUT2D eigenvalue weighted by atomic mass is 32.1. The van der Waals surface area contributed by atoms with Crippen molar-refractivity contribution in [2.75, 3.05) is 5.32 Å². The van der Waals surface area contributed by atoms with Crippen LogP contribution in [-0.4, -0.2) is 55.2 Å². The lowest BCUT2D eigenvalue weighted by Gasteiger charge is -2.17. The average molecular weight is 488 g/mol.